The van der Waals surface area contributed by atoms with Gasteiger partial charge in [0.25, 0.3) is 5.91 Å². The van der Waals surface area contributed by atoms with E-state index in [1.807, 2.05) is 23.1 Å². The Labute approximate surface area is 277 Å². The van der Waals surface area contributed by atoms with E-state index in [1.165, 1.54) is 11.3 Å². The lowest BCUT2D eigenvalue weighted by atomic mass is 9.78. The van der Waals surface area contributed by atoms with Crippen LogP contribution in [-0.4, -0.2) is 97.7 Å². The lowest BCUT2D eigenvalue weighted by Gasteiger charge is -2.49. The number of amides is 2. The second-order valence-electron chi connectivity index (χ2n) is 12.7. The van der Waals surface area contributed by atoms with E-state index >= 15 is 0 Å². The molecule has 47 heavy (non-hydrogen) atoms. The Morgan fingerprint density at radius 2 is 1.89 bits per heavy atom. The summed E-state index contributed by atoms with van der Waals surface area (Å²) in [6.07, 6.45) is 7.23. The van der Waals surface area contributed by atoms with Crippen LogP contribution in [-0.2, 0) is 16.1 Å². The number of hydrogen-bond acceptors (Lipinski definition) is 11. The maximum atomic E-state index is 13.1. The number of rotatable bonds is 9. The number of hydrogen-bond donors (Lipinski definition) is 2. The van der Waals surface area contributed by atoms with Crippen molar-refractivity contribution in [2.45, 2.75) is 69.9 Å². The van der Waals surface area contributed by atoms with Crippen LogP contribution in [0.5, 0.6) is 5.88 Å². The highest BCUT2D eigenvalue weighted by Gasteiger charge is 2.41. The molecule has 2 amide bonds. The zero-order chi connectivity index (χ0) is 32.5. The molecule has 4 aromatic rings. The van der Waals surface area contributed by atoms with Gasteiger partial charge in [0.2, 0.25) is 11.8 Å². The topological polar surface area (TPSA) is 143 Å². The Bertz CT molecular complexity index is 1740. The molecule has 3 aliphatic rings. The summed E-state index contributed by atoms with van der Waals surface area (Å²) >= 11 is 1.46. The van der Waals surface area contributed by atoms with Crippen LogP contribution in [0.2, 0.25) is 0 Å². The van der Waals surface area contributed by atoms with E-state index in [4.69, 9.17) is 9.47 Å². The minimum Gasteiger partial charge on any atom is -0.481 e. The molecule has 0 unspecified atom stereocenters. The molecular formula is C34H39N7O5S. The van der Waals surface area contributed by atoms with Crippen LogP contribution in [0.3, 0.4) is 0 Å². The highest BCUT2D eigenvalue weighted by Crippen LogP contribution is 2.36. The second kappa shape index (κ2) is 13.6. The van der Waals surface area contributed by atoms with Crippen LogP contribution in [0.25, 0.3) is 21.3 Å². The number of fused-ring (bicyclic) bond motifs is 1. The zero-order valence-corrected chi connectivity index (χ0v) is 27.4. The van der Waals surface area contributed by atoms with Gasteiger partial charge in [-0.15, -0.1) is 0 Å². The Balaban J connectivity index is 0.899. The number of aliphatic hydroxyl groups excluding tert-OH is 1. The van der Waals surface area contributed by atoms with Crippen molar-refractivity contribution >= 4 is 38.5 Å². The van der Waals surface area contributed by atoms with Gasteiger partial charge < -0.3 is 24.8 Å². The molecule has 1 aliphatic heterocycles. The van der Waals surface area contributed by atoms with Gasteiger partial charge in [0, 0.05) is 61.7 Å². The van der Waals surface area contributed by atoms with Crippen LogP contribution in [0, 0.1) is 5.92 Å². The molecule has 0 bridgehead atoms. The molecule has 2 saturated carbocycles. The second-order valence-corrected chi connectivity index (χ2v) is 13.7. The summed E-state index contributed by atoms with van der Waals surface area (Å²) in [5, 5.41) is 13.6. The minimum absolute atomic E-state index is 0.00225. The highest BCUT2D eigenvalue weighted by atomic mass is 32.1. The molecule has 4 heterocycles. The molecule has 0 spiro atoms. The normalized spacial score (nSPS) is 24.7. The number of carbonyl (C=O) groups is 2. The predicted octanol–water partition coefficient (Wildman–Crippen LogP) is 4.15. The van der Waals surface area contributed by atoms with Crippen molar-refractivity contribution in [2.24, 2.45) is 5.92 Å². The number of anilines is 1. The molecule has 246 valence electrons. The lowest BCUT2D eigenvalue weighted by molar-refractivity contribution is -0.125. The van der Waals surface area contributed by atoms with Gasteiger partial charge in [-0.2, -0.15) is 0 Å². The summed E-state index contributed by atoms with van der Waals surface area (Å²) in [4.78, 5) is 48.3. The number of ether oxygens (including phenoxy) is 2. The summed E-state index contributed by atoms with van der Waals surface area (Å²) in [5.41, 5.74) is 3.07. The number of benzene rings is 1. The monoisotopic (exact) mass is 657 g/mol. The van der Waals surface area contributed by atoms with E-state index in [0.29, 0.717) is 41.7 Å². The third-order valence-corrected chi connectivity index (χ3v) is 10.5. The standard InChI is InChI=1S/C34H39N7O5S/c1-20-18-40(33(44)26-5-3-8-31(37-26)45-2)11-12-41(20)24-13-22(14-24)32(43)39-34-38-25-10-9-21(15-29(25)47-34)23-16-35-30(36-17-23)19-46-28-7-4-6-27(28)42/h3,5,8-10,15-17,20,22,24,27-28,42H,4,6-7,11-14,18-19H2,1-2H3,(H,38,39,43)/t20-,22-,24+,27-,28-/m0/s1. The van der Waals surface area contributed by atoms with Crippen LogP contribution in [0.4, 0.5) is 5.13 Å². The first kappa shape index (κ1) is 31.6. The van der Waals surface area contributed by atoms with Crippen molar-refractivity contribution in [1.29, 1.82) is 0 Å². The fraction of sp³-hybridized carbons (Fsp3) is 0.471. The Kier molecular flexibility index (Phi) is 9.13. The number of aliphatic hydroxyl groups is 1. The quantitative estimate of drug-likeness (QED) is 0.270. The van der Waals surface area contributed by atoms with Crippen LogP contribution in [0.1, 0.15) is 55.3 Å². The number of pyridine rings is 1. The molecule has 2 aliphatic carbocycles. The third kappa shape index (κ3) is 6.84. The summed E-state index contributed by atoms with van der Waals surface area (Å²) in [6.45, 7) is 4.43. The molecule has 1 aromatic carbocycles. The predicted molar refractivity (Wildman–Crippen MR) is 177 cm³/mol. The number of methoxy groups -OCH3 is 1. The molecule has 0 radical (unpaired) electrons. The number of nitrogens with one attached hydrogen (secondary N) is 1. The van der Waals surface area contributed by atoms with Crippen molar-refractivity contribution in [3.63, 3.8) is 0 Å². The van der Waals surface area contributed by atoms with E-state index in [9.17, 15) is 14.7 Å². The van der Waals surface area contributed by atoms with Crippen LogP contribution < -0.4 is 10.1 Å². The third-order valence-electron chi connectivity index (χ3n) is 9.57. The molecule has 12 nitrogen and oxygen atoms in total. The summed E-state index contributed by atoms with van der Waals surface area (Å²) in [5.74, 6) is 0.869. The Hall–Kier alpha value is -4.04. The van der Waals surface area contributed by atoms with E-state index in [-0.39, 0.29) is 36.5 Å². The highest BCUT2D eigenvalue weighted by molar-refractivity contribution is 7.22. The van der Waals surface area contributed by atoms with Gasteiger partial charge in [-0.1, -0.05) is 23.5 Å². The molecule has 13 heteroatoms. The first-order valence-electron chi connectivity index (χ1n) is 16.2. The van der Waals surface area contributed by atoms with Crippen molar-refractivity contribution < 1.29 is 24.2 Å². The number of nitrogens with zero attached hydrogens (tertiary/aromatic N) is 6. The van der Waals surface area contributed by atoms with E-state index in [2.05, 4.69) is 37.1 Å². The average molecular weight is 658 g/mol. The zero-order valence-electron chi connectivity index (χ0n) is 26.5. The number of aromatic nitrogens is 4. The summed E-state index contributed by atoms with van der Waals surface area (Å²) < 4.78 is 11.9. The number of thiazole rings is 1. The number of carbonyl (C=O) groups excluding carboxylic acids is 2. The first-order chi connectivity index (χ1) is 22.8. The van der Waals surface area contributed by atoms with Gasteiger partial charge in [0.15, 0.2) is 11.0 Å². The van der Waals surface area contributed by atoms with Crippen molar-refractivity contribution in [1.82, 2.24) is 29.7 Å². The fourth-order valence-corrected chi connectivity index (χ4v) is 7.71. The van der Waals surface area contributed by atoms with Gasteiger partial charge in [-0.3, -0.25) is 14.5 Å². The molecule has 1 saturated heterocycles. The molecule has 3 aromatic heterocycles. The molecule has 2 N–H and O–H groups in total. The Morgan fingerprint density at radius 1 is 1.06 bits per heavy atom. The first-order valence-corrected chi connectivity index (χ1v) is 17.0. The smallest absolute Gasteiger partial charge is 0.272 e. The fourth-order valence-electron chi connectivity index (χ4n) is 6.81. The maximum absolute atomic E-state index is 13.1. The van der Waals surface area contributed by atoms with E-state index in [0.717, 1.165) is 60.0 Å². The van der Waals surface area contributed by atoms with Crippen molar-refractivity contribution in [2.75, 3.05) is 32.1 Å². The SMILES string of the molecule is COc1cccc(C(=O)N2CCN([C@H]3C[C@@H](C(=O)Nc4nc5ccc(-c6cnc(CO[C@H]7CCC[C@@H]7O)nc6)cc5s4)C3)[C@@H](C)C2)n1. The van der Waals surface area contributed by atoms with E-state index in [1.54, 1.807) is 37.7 Å². The van der Waals surface area contributed by atoms with Gasteiger partial charge in [0.1, 0.15) is 12.3 Å². The lowest BCUT2D eigenvalue weighted by Crippen LogP contribution is -2.60. The van der Waals surface area contributed by atoms with Gasteiger partial charge >= 0.3 is 0 Å². The van der Waals surface area contributed by atoms with Crippen LogP contribution >= 0.6 is 11.3 Å². The minimum atomic E-state index is -0.403. The van der Waals surface area contributed by atoms with E-state index < -0.39 is 6.10 Å². The molecule has 3 atom stereocenters. The Morgan fingerprint density at radius 3 is 2.64 bits per heavy atom. The van der Waals surface area contributed by atoms with Crippen molar-refractivity contribution in [3.05, 3.63) is 60.3 Å². The van der Waals surface area contributed by atoms with Crippen molar-refractivity contribution in [3.8, 4) is 17.0 Å². The maximum Gasteiger partial charge on any atom is 0.272 e. The molecule has 3 fully saturated rings. The summed E-state index contributed by atoms with van der Waals surface area (Å²) in [6, 6.07) is 11.7. The molecule has 7 rings (SSSR count). The van der Waals surface area contributed by atoms with Gasteiger partial charge in [-0.05, 0) is 62.8 Å². The largest absolute Gasteiger partial charge is 0.481 e. The average Bonchev–Trinajstić information content (AvgIpc) is 3.67. The van der Waals surface area contributed by atoms with Crippen LogP contribution in [0.15, 0.2) is 48.8 Å². The van der Waals surface area contributed by atoms with Gasteiger partial charge in [-0.25, -0.2) is 19.9 Å². The van der Waals surface area contributed by atoms with Gasteiger partial charge in [0.05, 0.1) is 29.5 Å². The number of piperazine rings is 1. The summed E-state index contributed by atoms with van der Waals surface area (Å²) in [7, 11) is 1.54. The molecular weight excluding hydrogens is 618 g/mol.